The van der Waals surface area contributed by atoms with E-state index in [0.29, 0.717) is 30.3 Å². The third-order valence-corrected chi connectivity index (χ3v) is 12.0. The van der Waals surface area contributed by atoms with Crippen molar-refractivity contribution in [3.63, 3.8) is 0 Å². The molecule has 1 N–H and O–H groups in total. The summed E-state index contributed by atoms with van der Waals surface area (Å²) in [7, 11) is 1.08. The summed E-state index contributed by atoms with van der Waals surface area (Å²) in [6.07, 6.45) is 43.8. The van der Waals surface area contributed by atoms with E-state index in [-0.39, 0.29) is 26.1 Å². The Kier molecular flexibility index (Phi) is 35.5. The van der Waals surface area contributed by atoms with Crippen molar-refractivity contribution in [2.75, 3.05) is 47.5 Å². The molecule has 0 aliphatic rings. The zero-order valence-electron chi connectivity index (χ0n) is 42.2. The van der Waals surface area contributed by atoms with Crippen LogP contribution in [-0.2, 0) is 45.5 Å². The van der Waals surface area contributed by atoms with Gasteiger partial charge in [0.2, 0.25) is 0 Å². The molecule has 0 saturated heterocycles. The molecule has 1 aromatic rings. The second-order valence-corrected chi connectivity index (χ2v) is 19.6. The largest absolute Gasteiger partial charge is 0.756 e. The molecule has 0 spiro atoms. The lowest BCUT2D eigenvalue weighted by molar-refractivity contribution is -0.870. The number of aryl methyl sites for hydroxylation is 2. The molecule has 1 aromatic heterocycles. The molecule has 11 nitrogen and oxygen atoms in total. The van der Waals surface area contributed by atoms with Crippen LogP contribution in [0.5, 0.6) is 0 Å². The van der Waals surface area contributed by atoms with Crippen molar-refractivity contribution in [2.24, 2.45) is 0 Å². The van der Waals surface area contributed by atoms with Gasteiger partial charge in [-0.2, -0.15) is 0 Å². The standard InChI is InChI=1S/C54H90NO10P/c1-8-10-31-37-49(56)38-33-27-23-19-15-13-12-14-16-21-25-29-35-41-53(57)61-45-50(46-63-66(59,60)62-44-43-55(5,6)7)64-54(58)42-36-30-26-22-18-17-20-24-28-34-40-52-48(4)47(3)51(65-52)39-32-11-9-2/h10,13-16,23,25,27,29,31,33,38,49-50,56H,8-9,11-12,17-22,24,26,28,30,32,34-37,39-46H2,1-7H3/b15-13-,16-14-,27-23+,29-25-,31-10-,38-33+/t49?,50-/m1/s1. The Morgan fingerprint density at radius 1 is 0.682 bits per heavy atom. The third-order valence-electron chi connectivity index (χ3n) is 11.0. The highest BCUT2D eigenvalue weighted by atomic mass is 31.2. The molecule has 12 heteroatoms. The molecular weight excluding hydrogens is 854 g/mol. The Labute approximate surface area is 400 Å². The third kappa shape index (κ3) is 34.9. The maximum absolute atomic E-state index is 12.8. The predicted molar refractivity (Wildman–Crippen MR) is 268 cm³/mol. The van der Waals surface area contributed by atoms with Crippen LogP contribution in [0.1, 0.15) is 171 Å². The molecule has 0 amide bonds. The molecular formula is C54H90NO10P. The Morgan fingerprint density at radius 2 is 1.24 bits per heavy atom. The number of rotatable bonds is 41. The van der Waals surface area contributed by atoms with Crippen molar-refractivity contribution in [3.05, 3.63) is 95.6 Å². The van der Waals surface area contributed by atoms with Crippen LogP contribution in [0.2, 0.25) is 0 Å². The molecule has 0 bridgehead atoms. The molecule has 0 aliphatic carbocycles. The molecule has 2 unspecified atom stereocenters. The molecule has 66 heavy (non-hydrogen) atoms. The van der Waals surface area contributed by atoms with E-state index in [2.05, 4.69) is 52.0 Å². The normalized spacial score (nSPS) is 14.5. The number of hydrogen-bond donors (Lipinski definition) is 1. The van der Waals surface area contributed by atoms with Crippen molar-refractivity contribution in [1.29, 1.82) is 0 Å². The number of furan rings is 1. The molecule has 1 heterocycles. The lowest BCUT2D eigenvalue weighted by atomic mass is 10.0. The van der Waals surface area contributed by atoms with Gasteiger partial charge < -0.3 is 37.4 Å². The fourth-order valence-corrected chi connectivity index (χ4v) is 7.55. The zero-order chi connectivity index (χ0) is 48.7. The van der Waals surface area contributed by atoms with Gasteiger partial charge in [0.25, 0.3) is 7.82 Å². The summed E-state index contributed by atoms with van der Waals surface area (Å²) < 4.78 is 40.2. The van der Waals surface area contributed by atoms with Crippen LogP contribution in [0.4, 0.5) is 0 Å². The summed E-state index contributed by atoms with van der Waals surface area (Å²) in [5.74, 6) is 1.38. The number of aliphatic hydroxyl groups excluding tert-OH is 1. The molecule has 3 atom stereocenters. The smallest absolute Gasteiger partial charge is 0.306 e. The number of phosphoric acid groups is 1. The Morgan fingerprint density at radius 3 is 1.83 bits per heavy atom. The average Bonchev–Trinajstić information content (AvgIpc) is 3.53. The van der Waals surface area contributed by atoms with E-state index in [1.54, 1.807) is 6.08 Å². The number of unbranched alkanes of at least 4 members (excludes halogenated alkanes) is 11. The van der Waals surface area contributed by atoms with Crippen molar-refractivity contribution in [2.45, 2.75) is 188 Å². The van der Waals surface area contributed by atoms with Gasteiger partial charge in [-0.05, 0) is 82.8 Å². The van der Waals surface area contributed by atoms with Crippen LogP contribution in [0, 0.1) is 13.8 Å². The monoisotopic (exact) mass is 944 g/mol. The summed E-state index contributed by atoms with van der Waals surface area (Å²) in [6, 6.07) is 0. The van der Waals surface area contributed by atoms with Crippen LogP contribution in [-0.4, -0.2) is 81.2 Å². The van der Waals surface area contributed by atoms with Gasteiger partial charge in [0.05, 0.1) is 33.9 Å². The van der Waals surface area contributed by atoms with Crippen LogP contribution < -0.4 is 4.89 Å². The first-order valence-corrected chi connectivity index (χ1v) is 26.6. The number of hydrogen-bond acceptors (Lipinski definition) is 10. The summed E-state index contributed by atoms with van der Waals surface area (Å²) >= 11 is 0. The summed E-state index contributed by atoms with van der Waals surface area (Å²) in [4.78, 5) is 37.8. The lowest BCUT2D eigenvalue weighted by Gasteiger charge is -2.28. The first-order valence-electron chi connectivity index (χ1n) is 25.1. The number of phosphoric ester groups is 1. The second kappa shape index (κ2) is 38.6. The quantitative estimate of drug-likeness (QED) is 0.0168. The maximum Gasteiger partial charge on any atom is 0.306 e. The Hall–Kier alpha value is -3.31. The number of nitrogens with zero attached hydrogens (tertiary/aromatic N) is 1. The second-order valence-electron chi connectivity index (χ2n) is 18.2. The lowest BCUT2D eigenvalue weighted by Crippen LogP contribution is -2.37. The SMILES string of the molecule is CC/C=C\CC(O)/C=C/C=C/C/C=C\C/C=C\C/C=C\CCC(=O)OC[C@H](COP(=O)([O-])OCC[N+](C)(C)C)OC(=O)CCCCCCCCCCCCc1oc(CCCCC)c(C)c1C. The summed E-state index contributed by atoms with van der Waals surface area (Å²) in [5, 5.41) is 9.86. The minimum absolute atomic E-state index is 0.0578. The van der Waals surface area contributed by atoms with Gasteiger partial charge in [0.15, 0.2) is 6.10 Å². The molecule has 0 saturated carbocycles. The first-order chi connectivity index (χ1) is 31.7. The number of quaternary nitrogens is 1. The van der Waals surface area contributed by atoms with E-state index >= 15 is 0 Å². The highest BCUT2D eigenvalue weighted by Crippen LogP contribution is 2.38. The molecule has 376 valence electrons. The highest BCUT2D eigenvalue weighted by Gasteiger charge is 2.22. The number of ether oxygens (including phenoxy) is 2. The molecule has 0 radical (unpaired) electrons. The van der Waals surface area contributed by atoms with Gasteiger partial charge >= 0.3 is 11.9 Å². The molecule has 0 fully saturated rings. The van der Waals surface area contributed by atoms with E-state index in [1.807, 2.05) is 63.7 Å². The number of allylic oxidation sites excluding steroid dienone is 10. The van der Waals surface area contributed by atoms with Gasteiger partial charge in [-0.3, -0.25) is 14.2 Å². The van der Waals surface area contributed by atoms with Gasteiger partial charge in [-0.1, -0.05) is 151 Å². The summed E-state index contributed by atoms with van der Waals surface area (Å²) in [6.45, 7) is 8.25. The number of esters is 2. The fraction of sp³-hybridized carbons (Fsp3) is 0.667. The molecule has 0 aliphatic heterocycles. The minimum Gasteiger partial charge on any atom is -0.756 e. The number of carbonyl (C=O) groups is 2. The van der Waals surface area contributed by atoms with E-state index in [0.717, 1.165) is 64.2 Å². The van der Waals surface area contributed by atoms with Gasteiger partial charge in [-0.15, -0.1) is 0 Å². The van der Waals surface area contributed by atoms with E-state index in [9.17, 15) is 24.2 Å². The zero-order valence-corrected chi connectivity index (χ0v) is 43.1. The fourth-order valence-electron chi connectivity index (χ4n) is 6.83. The van der Waals surface area contributed by atoms with Crippen molar-refractivity contribution in [1.82, 2.24) is 0 Å². The minimum atomic E-state index is -4.67. The van der Waals surface area contributed by atoms with Gasteiger partial charge in [0, 0.05) is 25.7 Å². The van der Waals surface area contributed by atoms with Crippen LogP contribution in [0.15, 0.2) is 77.3 Å². The van der Waals surface area contributed by atoms with Crippen molar-refractivity contribution >= 4 is 19.8 Å². The predicted octanol–water partition coefficient (Wildman–Crippen LogP) is 12.6. The first kappa shape index (κ1) is 60.7. The maximum atomic E-state index is 12.8. The molecule has 0 aromatic carbocycles. The van der Waals surface area contributed by atoms with Gasteiger partial charge in [0.1, 0.15) is 31.3 Å². The van der Waals surface area contributed by atoms with Crippen LogP contribution in [0.3, 0.4) is 0 Å². The van der Waals surface area contributed by atoms with Crippen molar-refractivity contribution in [3.8, 4) is 0 Å². The Bertz CT molecular complexity index is 1650. The van der Waals surface area contributed by atoms with E-state index < -0.39 is 38.6 Å². The number of aliphatic hydroxyl groups is 1. The van der Waals surface area contributed by atoms with Gasteiger partial charge in [-0.25, -0.2) is 0 Å². The molecule has 1 rings (SSSR count). The van der Waals surface area contributed by atoms with Crippen LogP contribution in [0.25, 0.3) is 0 Å². The van der Waals surface area contributed by atoms with Crippen LogP contribution >= 0.6 is 7.82 Å². The number of carbonyl (C=O) groups excluding carboxylic acids is 2. The number of likely N-dealkylation sites (N-methyl/N-ethyl adjacent to an activating group) is 1. The van der Waals surface area contributed by atoms with E-state index in [4.69, 9.17) is 22.9 Å². The summed E-state index contributed by atoms with van der Waals surface area (Å²) in [5.41, 5.74) is 2.68. The average molecular weight is 944 g/mol. The highest BCUT2D eigenvalue weighted by molar-refractivity contribution is 7.45. The Balaban J connectivity index is 2.36. The topological polar surface area (TPSA) is 145 Å². The van der Waals surface area contributed by atoms with Crippen molar-refractivity contribution < 1.29 is 51.6 Å². The van der Waals surface area contributed by atoms with E-state index in [1.165, 1.54) is 74.0 Å².